The predicted molar refractivity (Wildman–Crippen MR) is 86.6 cm³/mol. The Morgan fingerprint density at radius 3 is 1.35 bits per heavy atom. The number of hydrogen-bond acceptors (Lipinski definition) is 6. The molecule has 8 nitrogen and oxygen atoms in total. The summed E-state index contributed by atoms with van der Waals surface area (Å²) in [6.45, 7) is 0. The molecule has 2 heterocycles. The molecule has 0 radical (unpaired) electrons. The Morgan fingerprint density at radius 2 is 1.04 bits per heavy atom. The van der Waals surface area contributed by atoms with E-state index in [0.29, 0.717) is 11.0 Å². The molecule has 2 aromatic heterocycles. The first-order valence-electron chi connectivity index (χ1n) is 6.62. The van der Waals surface area contributed by atoms with E-state index in [4.69, 9.17) is 0 Å². The summed E-state index contributed by atoms with van der Waals surface area (Å²) in [5, 5.41) is -0.0348. The van der Waals surface area contributed by atoms with E-state index in [1.165, 1.54) is 0 Å². The van der Waals surface area contributed by atoms with Gasteiger partial charge >= 0.3 is 59.1 Å². The van der Waals surface area contributed by atoms with E-state index < -0.39 is 22.2 Å². The first-order valence-corrected chi connectivity index (χ1v) is 8.77. The summed E-state index contributed by atoms with van der Waals surface area (Å²) in [6.07, 6.45) is 0. The van der Waals surface area contributed by atoms with Crippen LogP contribution in [0.2, 0.25) is 0 Å². The summed E-state index contributed by atoms with van der Waals surface area (Å²) >= 11 is -4.56. The van der Waals surface area contributed by atoms with Gasteiger partial charge in [-0.1, -0.05) is 24.3 Å². The minimum Gasteiger partial charge on any atom is -0.766 e. The number of nitrogens with one attached hydrogen (secondary N) is 2. The van der Waals surface area contributed by atoms with E-state index in [1.54, 1.807) is 36.4 Å². The molecule has 0 aliphatic carbocycles. The van der Waals surface area contributed by atoms with Crippen LogP contribution in [0.5, 0.6) is 0 Å². The molecule has 2 atom stereocenters. The van der Waals surface area contributed by atoms with E-state index in [-0.39, 0.29) is 69.4 Å². The fourth-order valence-corrected chi connectivity index (χ4v) is 2.75. The molecule has 0 spiro atoms. The van der Waals surface area contributed by atoms with Crippen molar-refractivity contribution >= 4 is 44.2 Å². The quantitative estimate of drug-likeness (QED) is 0.254. The van der Waals surface area contributed by atoms with Crippen molar-refractivity contribution in [3.63, 3.8) is 0 Å². The van der Waals surface area contributed by atoms with Crippen LogP contribution in [0.3, 0.4) is 0 Å². The van der Waals surface area contributed by atoms with Gasteiger partial charge in [-0.3, -0.25) is 8.42 Å². The van der Waals surface area contributed by atoms with Crippen LogP contribution in [0.15, 0.2) is 58.8 Å². The third kappa shape index (κ3) is 5.80. The predicted octanol–water partition coefficient (Wildman–Crippen LogP) is -4.39. The van der Waals surface area contributed by atoms with E-state index >= 15 is 0 Å². The summed E-state index contributed by atoms with van der Waals surface area (Å²) in [5.74, 6) is 0. The Bertz CT molecular complexity index is 903. The number of aromatic nitrogens is 4. The van der Waals surface area contributed by atoms with Gasteiger partial charge in [0.2, 0.25) is 0 Å². The van der Waals surface area contributed by atoms with Crippen molar-refractivity contribution in [2.24, 2.45) is 0 Å². The van der Waals surface area contributed by atoms with E-state index in [0.717, 1.165) is 11.0 Å². The number of imidazole rings is 2. The van der Waals surface area contributed by atoms with Gasteiger partial charge in [0, 0.05) is 22.2 Å². The second-order valence-electron chi connectivity index (χ2n) is 4.59. The zero-order valence-electron chi connectivity index (χ0n) is 14.0. The topological polar surface area (TPSA) is 138 Å². The second kappa shape index (κ2) is 10.8. The van der Waals surface area contributed by atoms with Crippen LogP contribution in [0.4, 0.5) is 0 Å². The van der Waals surface area contributed by atoms with E-state index in [1.807, 2.05) is 12.1 Å². The molecule has 2 aromatic carbocycles. The molecule has 124 valence electrons. The van der Waals surface area contributed by atoms with Crippen molar-refractivity contribution in [2.75, 3.05) is 0 Å². The fraction of sp³-hybridized carbons (Fsp3) is 0. The van der Waals surface area contributed by atoms with Gasteiger partial charge in [0.25, 0.3) is 0 Å². The van der Waals surface area contributed by atoms with Crippen LogP contribution in [0, 0.1) is 0 Å². The molecule has 0 saturated heterocycles. The summed E-state index contributed by atoms with van der Waals surface area (Å²) in [4.78, 5) is 13.0. The Hall–Kier alpha value is -0.400. The Balaban J connectivity index is 0.000000241. The van der Waals surface area contributed by atoms with Crippen molar-refractivity contribution in [3.05, 3.63) is 48.5 Å². The molecule has 0 amide bonds. The molecule has 0 bridgehead atoms. The number of aromatic amines is 2. The maximum Gasteiger partial charge on any atom is 1.00 e. The number of fused-ring (bicyclic) bond motifs is 2. The molecule has 4 aromatic rings. The smallest absolute Gasteiger partial charge is 0.766 e. The van der Waals surface area contributed by atoms with E-state index in [2.05, 4.69) is 19.9 Å². The molecule has 0 aliphatic rings. The van der Waals surface area contributed by atoms with Crippen molar-refractivity contribution in [1.29, 1.82) is 0 Å². The molecule has 0 aliphatic heterocycles. The molecule has 12 heteroatoms. The molecular weight excluding hydrogens is 398 g/mol. The van der Waals surface area contributed by atoms with Crippen LogP contribution >= 0.6 is 0 Å². The normalized spacial score (nSPS) is 12.4. The van der Waals surface area contributed by atoms with Gasteiger partial charge in [-0.2, -0.15) is 0 Å². The zero-order valence-corrected chi connectivity index (χ0v) is 19.6. The van der Waals surface area contributed by atoms with Crippen LogP contribution in [-0.2, 0) is 22.2 Å². The van der Waals surface area contributed by atoms with Crippen molar-refractivity contribution < 1.29 is 76.6 Å². The Labute approximate surface area is 197 Å². The molecule has 0 fully saturated rings. The van der Waals surface area contributed by atoms with Gasteiger partial charge in [-0.15, -0.1) is 0 Å². The maximum absolute atomic E-state index is 10.5. The van der Waals surface area contributed by atoms with Crippen molar-refractivity contribution in [2.45, 2.75) is 10.3 Å². The number of hydrogen-bond donors (Lipinski definition) is 2. The minimum absolute atomic E-state index is 0. The van der Waals surface area contributed by atoms with Crippen LogP contribution in [0.25, 0.3) is 22.1 Å². The molecular formula is C14H10N4Na2O4S2. The number of benzene rings is 2. The van der Waals surface area contributed by atoms with Crippen molar-refractivity contribution in [3.8, 4) is 0 Å². The van der Waals surface area contributed by atoms with Crippen LogP contribution < -0.4 is 59.1 Å². The number of nitrogens with zero attached hydrogens (tertiary/aromatic N) is 2. The SMILES string of the molecule is O=S([O-])c1nc2ccccc2[nH]1.O=S([O-])c1nc2ccccc2[nH]1.[Na+].[Na+]. The Kier molecular flexibility index (Phi) is 9.83. The van der Waals surface area contributed by atoms with Gasteiger partial charge in [0.1, 0.15) is 0 Å². The van der Waals surface area contributed by atoms with Crippen LogP contribution in [0.1, 0.15) is 0 Å². The number of H-pyrrole nitrogens is 2. The number of para-hydroxylation sites is 4. The first-order chi connectivity index (χ1) is 11.5. The summed E-state index contributed by atoms with van der Waals surface area (Å²) < 4.78 is 41.9. The minimum atomic E-state index is -2.28. The van der Waals surface area contributed by atoms with Crippen LogP contribution in [-0.4, -0.2) is 37.5 Å². The number of rotatable bonds is 2. The molecule has 2 N–H and O–H groups in total. The van der Waals surface area contributed by atoms with Gasteiger partial charge in [0.15, 0.2) is 10.3 Å². The third-order valence-corrected chi connectivity index (χ3v) is 4.07. The fourth-order valence-electron chi connectivity index (χ4n) is 2.02. The van der Waals surface area contributed by atoms with E-state index in [9.17, 15) is 17.5 Å². The average molecular weight is 408 g/mol. The second-order valence-corrected chi connectivity index (χ2v) is 6.30. The largest absolute Gasteiger partial charge is 1.00 e. The van der Waals surface area contributed by atoms with Gasteiger partial charge in [-0.25, -0.2) is 9.97 Å². The van der Waals surface area contributed by atoms with Gasteiger partial charge in [-0.05, 0) is 24.3 Å². The monoisotopic (exact) mass is 408 g/mol. The maximum atomic E-state index is 10.5. The molecule has 2 unspecified atom stereocenters. The average Bonchev–Trinajstić information content (AvgIpc) is 3.19. The molecule has 4 rings (SSSR count). The Morgan fingerprint density at radius 1 is 0.692 bits per heavy atom. The first kappa shape index (κ1) is 23.6. The molecule has 0 saturated carbocycles. The van der Waals surface area contributed by atoms with Gasteiger partial charge < -0.3 is 19.1 Å². The third-order valence-electron chi connectivity index (χ3n) is 3.05. The summed E-state index contributed by atoms with van der Waals surface area (Å²) in [5.41, 5.74) is 2.79. The molecule has 26 heavy (non-hydrogen) atoms. The van der Waals surface area contributed by atoms with Gasteiger partial charge in [0.05, 0.1) is 22.1 Å². The summed E-state index contributed by atoms with van der Waals surface area (Å²) in [7, 11) is 0. The summed E-state index contributed by atoms with van der Waals surface area (Å²) in [6, 6.07) is 14.3. The van der Waals surface area contributed by atoms with Crippen molar-refractivity contribution in [1.82, 2.24) is 19.9 Å². The standard InChI is InChI=1S/2C7H6N2O2S.2Na/c2*10-12(11)7-8-5-3-1-2-4-6(5)9-7;;/h2*1-4H,(H,8,9)(H,10,11);;/q;;2*+1/p-2. The zero-order chi connectivity index (χ0) is 17.1.